The van der Waals surface area contributed by atoms with Crippen LogP contribution in [0.5, 0.6) is 0 Å². The fraction of sp³-hybridized carbons (Fsp3) is 0.455. The number of hydrogen-bond donors (Lipinski definition) is 1. The van der Waals surface area contributed by atoms with Gasteiger partial charge in [0.1, 0.15) is 0 Å². The van der Waals surface area contributed by atoms with Crippen molar-refractivity contribution in [1.29, 1.82) is 5.26 Å². The summed E-state index contributed by atoms with van der Waals surface area (Å²) < 4.78 is 7.70. The minimum atomic E-state index is -0.409. The number of amides is 1. The Morgan fingerprint density at radius 2 is 1.93 bits per heavy atom. The first kappa shape index (κ1) is 20.7. The Bertz CT molecular complexity index is 814. The van der Waals surface area contributed by atoms with Gasteiger partial charge in [-0.15, -0.1) is 0 Å². The van der Waals surface area contributed by atoms with E-state index in [0.29, 0.717) is 24.3 Å². The van der Waals surface area contributed by atoms with E-state index >= 15 is 0 Å². The number of primary amides is 1. The molecule has 2 rings (SSSR count). The number of carbonyl (C=O) groups is 1. The predicted molar refractivity (Wildman–Crippen MR) is 108 cm³/mol. The molecule has 2 N–H and O–H groups in total. The van der Waals surface area contributed by atoms with Crippen LogP contribution < -0.4 is 5.73 Å². The van der Waals surface area contributed by atoms with Gasteiger partial charge in [-0.2, -0.15) is 5.26 Å². The van der Waals surface area contributed by atoms with Crippen molar-refractivity contribution in [3.8, 4) is 17.2 Å². The molecule has 0 saturated heterocycles. The largest absolute Gasteiger partial charge is 0.382 e. The molecule has 1 aromatic carbocycles. The maximum Gasteiger partial charge on any atom is 0.251 e. The summed E-state index contributed by atoms with van der Waals surface area (Å²) in [5.41, 5.74) is 10.8. The molecule has 0 aliphatic rings. The maximum atomic E-state index is 12.3. The molecule has 0 unspecified atom stereocenters. The van der Waals surface area contributed by atoms with E-state index in [2.05, 4.69) is 17.6 Å². The van der Waals surface area contributed by atoms with E-state index in [1.165, 1.54) is 0 Å². The molecule has 5 nitrogen and oxygen atoms in total. The van der Waals surface area contributed by atoms with Crippen molar-refractivity contribution in [1.82, 2.24) is 4.57 Å². The third kappa shape index (κ3) is 4.78. The van der Waals surface area contributed by atoms with E-state index in [4.69, 9.17) is 15.7 Å². The van der Waals surface area contributed by atoms with Gasteiger partial charge in [0.05, 0.1) is 17.2 Å². The number of ether oxygens (including phenoxy) is 1. The zero-order valence-corrected chi connectivity index (χ0v) is 16.5. The molecule has 1 amide bonds. The van der Waals surface area contributed by atoms with Crippen LogP contribution in [0.1, 0.15) is 60.4 Å². The van der Waals surface area contributed by atoms with Crippen molar-refractivity contribution in [3.05, 3.63) is 46.8 Å². The van der Waals surface area contributed by atoms with Gasteiger partial charge in [0.2, 0.25) is 0 Å². The molecule has 0 saturated carbocycles. The highest BCUT2D eigenvalue weighted by atomic mass is 16.5. The molecule has 0 aliphatic carbocycles. The highest BCUT2D eigenvalue weighted by Gasteiger charge is 2.24. The Hall–Kier alpha value is -2.58. The highest BCUT2D eigenvalue weighted by Crippen LogP contribution is 2.34. The van der Waals surface area contributed by atoms with E-state index in [1.54, 1.807) is 12.1 Å². The molecule has 0 aliphatic heterocycles. The predicted octanol–water partition coefficient (Wildman–Crippen LogP) is 4.20. The lowest BCUT2D eigenvalue weighted by Crippen LogP contribution is -2.13. The molecule has 0 spiro atoms. The number of nitrogens with zero attached hydrogens (tertiary/aromatic N) is 2. The molecular weight excluding hydrogens is 338 g/mol. The van der Waals surface area contributed by atoms with Gasteiger partial charge in [-0.25, -0.2) is 0 Å². The Morgan fingerprint density at radius 3 is 2.48 bits per heavy atom. The first-order valence-corrected chi connectivity index (χ1v) is 9.65. The molecule has 5 heteroatoms. The second kappa shape index (κ2) is 9.94. The number of carbonyl (C=O) groups excluding carboxylic acids is 1. The third-order valence-corrected chi connectivity index (χ3v) is 4.82. The average molecular weight is 367 g/mol. The molecule has 0 fully saturated rings. The second-order valence-corrected chi connectivity index (χ2v) is 6.64. The Balaban J connectivity index is 2.56. The van der Waals surface area contributed by atoms with Crippen LogP contribution in [0.15, 0.2) is 24.3 Å². The summed E-state index contributed by atoms with van der Waals surface area (Å²) in [5, 5.41) is 9.06. The lowest BCUT2D eigenvalue weighted by molar-refractivity contribution is 0.1000. The Labute approximate surface area is 161 Å². The Kier molecular flexibility index (Phi) is 7.63. The number of nitriles is 1. The summed E-state index contributed by atoms with van der Waals surface area (Å²) in [6, 6.07) is 9.51. The summed E-state index contributed by atoms with van der Waals surface area (Å²) >= 11 is 0. The first-order chi connectivity index (χ1) is 13.0. The van der Waals surface area contributed by atoms with E-state index in [0.717, 1.165) is 54.7 Å². The van der Waals surface area contributed by atoms with Crippen LogP contribution in [0.25, 0.3) is 11.1 Å². The highest BCUT2D eigenvalue weighted by molar-refractivity contribution is 6.02. The van der Waals surface area contributed by atoms with Crippen molar-refractivity contribution >= 4 is 5.91 Å². The van der Waals surface area contributed by atoms with Crippen LogP contribution in [0.2, 0.25) is 0 Å². The van der Waals surface area contributed by atoms with Gasteiger partial charge in [-0.05, 0) is 50.8 Å². The van der Waals surface area contributed by atoms with Crippen LogP contribution in [-0.4, -0.2) is 23.7 Å². The quantitative estimate of drug-likeness (QED) is 0.639. The fourth-order valence-electron chi connectivity index (χ4n) is 3.50. The second-order valence-electron chi connectivity index (χ2n) is 6.64. The van der Waals surface area contributed by atoms with Gasteiger partial charge in [0.15, 0.2) is 0 Å². The normalized spacial score (nSPS) is 10.7. The zero-order chi connectivity index (χ0) is 19.8. The van der Waals surface area contributed by atoms with Gasteiger partial charge in [0, 0.05) is 36.7 Å². The van der Waals surface area contributed by atoms with Gasteiger partial charge in [0.25, 0.3) is 5.91 Å². The van der Waals surface area contributed by atoms with Crippen LogP contribution in [0, 0.1) is 18.3 Å². The topological polar surface area (TPSA) is 81.0 Å². The van der Waals surface area contributed by atoms with Crippen molar-refractivity contribution in [2.45, 2.75) is 53.0 Å². The van der Waals surface area contributed by atoms with Crippen LogP contribution in [0.4, 0.5) is 0 Å². The van der Waals surface area contributed by atoms with Crippen molar-refractivity contribution in [2.24, 2.45) is 5.73 Å². The summed E-state index contributed by atoms with van der Waals surface area (Å²) in [6.45, 7) is 8.30. The number of rotatable bonds is 10. The molecule has 0 radical (unpaired) electrons. The average Bonchev–Trinajstić information content (AvgIpc) is 2.95. The van der Waals surface area contributed by atoms with Crippen LogP contribution in [-0.2, 0) is 17.7 Å². The molecule has 27 heavy (non-hydrogen) atoms. The minimum absolute atomic E-state index is 0.409. The fourth-order valence-corrected chi connectivity index (χ4v) is 3.50. The van der Waals surface area contributed by atoms with Crippen molar-refractivity contribution < 1.29 is 9.53 Å². The third-order valence-electron chi connectivity index (χ3n) is 4.82. The van der Waals surface area contributed by atoms with E-state index < -0.39 is 5.91 Å². The number of nitrogens with two attached hydrogens (primary N) is 1. The summed E-state index contributed by atoms with van der Waals surface area (Å²) in [6.07, 6.45) is 3.88. The summed E-state index contributed by atoms with van der Waals surface area (Å²) in [7, 11) is 0. The summed E-state index contributed by atoms with van der Waals surface area (Å²) in [5.74, 6) is -0.409. The van der Waals surface area contributed by atoms with Crippen molar-refractivity contribution in [3.63, 3.8) is 0 Å². The molecular formula is C22H29N3O2. The van der Waals surface area contributed by atoms with Gasteiger partial charge >= 0.3 is 0 Å². The molecule has 1 aromatic heterocycles. The summed E-state index contributed by atoms with van der Waals surface area (Å²) in [4.78, 5) is 12.3. The zero-order valence-electron chi connectivity index (χ0n) is 16.5. The molecule has 1 heterocycles. The first-order valence-electron chi connectivity index (χ1n) is 9.65. The van der Waals surface area contributed by atoms with Gasteiger partial charge in [-0.3, -0.25) is 4.79 Å². The van der Waals surface area contributed by atoms with E-state index in [1.807, 2.05) is 26.0 Å². The molecule has 2 aromatic rings. The number of benzene rings is 1. The number of aromatic nitrogens is 1. The minimum Gasteiger partial charge on any atom is -0.382 e. The molecule has 144 valence electrons. The maximum absolute atomic E-state index is 12.3. The van der Waals surface area contributed by atoms with Crippen LogP contribution >= 0.6 is 0 Å². The number of unbranched alkanes of at least 4 members (excludes halogenated alkanes) is 1. The lowest BCUT2D eigenvalue weighted by atomic mass is 9.97. The SMILES string of the molecule is CCCCc1c(-c2ccc(C#N)cc2)c(C(N)=O)c(C)n1CCCOCC. The van der Waals surface area contributed by atoms with E-state index in [9.17, 15) is 4.79 Å². The lowest BCUT2D eigenvalue weighted by Gasteiger charge is -2.13. The Morgan fingerprint density at radius 1 is 1.22 bits per heavy atom. The van der Waals surface area contributed by atoms with Gasteiger partial charge in [-0.1, -0.05) is 25.5 Å². The van der Waals surface area contributed by atoms with Gasteiger partial charge < -0.3 is 15.0 Å². The van der Waals surface area contributed by atoms with E-state index in [-0.39, 0.29) is 0 Å². The van der Waals surface area contributed by atoms with Crippen LogP contribution in [0.3, 0.4) is 0 Å². The molecule has 0 bridgehead atoms. The number of hydrogen-bond acceptors (Lipinski definition) is 3. The molecule has 0 atom stereocenters. The smallest absolute Gasteiger partial charge is 0.251 e. The standard InChI is InChI=1S/C22H29N3O2/c1-4-6-8-19-21(18-11-9-17(15-23)10-12-18)20(22(24)26)16(3)25(19)13-7-14-27-5-2/h9-12H,4-8,13-14H2,1-3H3,(H2,24,26). The monoisotopic (exact) mass is 367 g/mol. The van der Waals surface area contributed by atoms with Crippen molar-refractivity contribution in [2.75, 3.05) is 13.2 Å².